The Labute approximate surface area is 347 Å². The van der Waals surface area contributed by atoms with Gasteiger partial charge in [-0.3, -0.25) is 9.59 Å². The maximum absolute atomic E-state index is 12.8. The SMILES string of the molecule is CCCCCCCC/C=C/CCCCCCCCCC(=O)OC[C@@H](CO[C@H]1O[C@@H](CO)[C@@H](O)C(O)C1O)OC(=O)CCCC/C=C/CCCCCCCCCCC. The van der Waals surface area contributed by atoms with Crippen LogP contribution in [-0.2, 0) is 28.5 Å². The summed E-state index contributed by atoms with van der Waals surface area (Å²) in [6, 6.07) is 0. The first-order valence-corrected chi connectivity index (χ1v) is 23.4. The third-order valence-electron chi connectivity index (χ3n) is 10.8. The quantitative estimate of drug-likeness (QED) is 0.0268. The van der Waals surface area contributed by atoms with Gasteiger partial charge in [0.15, 0.2) is 12.4 Å². The summed E-state index contributed by atoms with van der Waals surface area (Å²) in [4.78, 5) is 25.3. The molecule has 0 aromatic carbocycles. The predicted octanol–water partition coefficient (Wildman–Crippen LogP) is 10.1. The number of hydrogen-bond acceptors (Lipinski definition) is 10. The van der Waals surface area contributed by atoms with Gasteiger partial charge in [-0.25, -0.2) is 0 Å². The lowest BCUT2D eigenvalue weighted by molar-refractivity contribution is -0.305. The van der Waals surface area contributed by atoms with E-state index in [4.69, 9.17) is 18.9 Å². The lowest BCUT2D eigenvalue weighted by Gasteiger charge is -2.39. The van der Waals surface area contributed by atoms with Gasteiger partial charge in [0.25, 0.3) is 0 Å². The molecule has 0 amide bonds. The standard InChI is InChI=1S/C47H86O10/c1-3-5-7-9-11-13-15-17-19-20-22-23-25-27-29-31-33-35-42(49)54-38-40(39-55-47-46(53)45(52)44(51)41(37-48)57-47)56-43(50)36-34-32-30-28-26-24-21-18-16-14-12-10-8-6-4-2/h17,19,26,28,40-41,44-48,51-53H,3-16,18,20-25,27,29-39H2,1-2H3/b19-17+,28-26+/t40-,41-,44+,45?,46?,47-/m0/s1. The van der Waals surface area contributed by atoms with Crippen molar-refractivity contribution in [1.82, 2.24) is 0 Å². The molecule has 1 fully saturated rings. The number of carbonyl (C=O) groups excluding carboxylic acids is 2. The highest BCUT2D eigenvalue weighted by atomic mass is 16.7. The summed E-state index contributed by atoms with van der Waals surface area (Å²) in [6.07, 6.45) is 34.7. The average Bonchev–Trinajstić information content (AvgIpc) is 3.21. The van der Waals surface area contributed by atoms with Crippen LogP contribution < -0.4 is 0 Å². The molecule has 57 heavy (non-hydrogen) atoms. The van der Waals surface area contributed by atoms with Gasteiger partial charge in [0.05, 0.1) is 13.2 Å². The summed E-state index contributed by atoms with van der Waals surface area (Å²) in [5.74, 6) is -0.831. The van der Waals surface area contributed by atoms with Crippen molar-refractivity contribution >= 4 is 11.9 Å². The first-order valence-electron chi connectivity index (χ1n) is 23.4. The molecule has 1 aliphatic rings. The number of rotatable bonds is 39. The average molecular weight is 811 g/mol. The molecule has 1 saturated heterocycles. The smallest absolute Gasteiger partial charge is 0.306 e. The fraction of sp³-hybridized carbons (Fsp3) is 0.872. The minimum absolute atomic E-state index is 0.201. The Bertz CT molecular complexity index is 985. The van der Waals surface area contributed by atoms with Gasteiger partial charge in [0.2, 0.25) is 0 Å². The summed E-state index contributed by atoms with van der Waals surface area (Å²) >= 11 is 0. The highest BCUT2D eigenvalue weighted by molar-refractivity contribution is 5.70. The van der Waals surface area contributed by atoms with E-state index in [2.05, 4.69) is 38.2 Å². The molecule has 0 radical (unpaired) electrons. The van der Waals surface area contributed by atoms with Gasteiger partial charge in [-0.2, -0.15) is 0 Å². The van der Waals surface area contributed by atoms with E-state index in [0.29, 0.717) is 6.42 Å². The molecule has 10 heteroatoms. The maximum Gasteiger partial charge on any atom is 0.306 e. The normalized spacial score (nSPS) is 20.4. The molecule has 2 unspecified atom stereocenters. The first-order chi connectivity index (χ1) is 27.8. The van der Waals surface area contributed by atoms with Crippen molar-refractivity contribution < 1.29 is 49.0 Å². The number of aliphatic hydroxyl groups excluding tert-OH is 4. The van der Waals surface area contributed by atoms with Crippen LogP contribution >= 0.6 is 0 Å². The lowest BCUT2D eigenvalue weighted by Crippen LogP contribution is -2.59. The zero-order valence-electron chi connectivity index (χ0n) is 36.3. The molecule has 1 heterocycles. The van der Waals surface area contributed by atoms with Crippen molar-refractivity contribution in [1.29, 1.82) is 0 Å². The molecule has 10 nitrogen and oxygen atoms in total. The van der Waals surface area contributed by atoms with E-state index >= 15 is 0 Å². The summed E-state index contributed by atoms with van der Waals surface area (Å²) in [6.45, 7) is 3.41. The minimum Gasteiger partial charge on any atom is -0.462 e. The van der Waals surface area contributed by atoms with Crippen molar-refractivity contribution in [3.05, 3.63) is 24.3 Å². The number of hydrogen-bond donors (Lipinski definition) is 4. The van der Waals surface area contributed by atoms with Crippen LogP contribution in [0.3, 0.4) is 0 Å². The number of unbranched alkanes of at least 4 members (excludes halogenated alkanes) is 24. The predicted molar refractivity (Wildman–Crippen MR) is 229 cm³/mol. The van der Waals surface area contributed by atoms with Gasteiger partial charge in [-0.15, -0.1) is 0 Å². The molecule has 6 atom stereocenters. The van der Waals surface area contributed by atoms with Crippen molar-refractivity contribution in [2.24, 2.45) is 0 Å². The Balaban J connectivity index is 2.32. The van der Waals surface area contributed by atoms with E-state index in [9.17, 15) is 30.0 Å². The molecule has 0 aromatic rings. The molecule has 0 saturated carbocycles. The van der Waals surface area contributed by atoms with Gasteiger partial charge < -0.3 is 39.4 Å². The Morgan fingerprint density at radius 2 is 0.930 bits per heavy atom. The molecular formula is C47H86O10. The second kappa shape index (κ2) is 38.4. The summed E-state index contributed by atoms with van der Waals surface area (Å²) < 4.78 is 22.2. The number of esters is 2. The molecule has 0 aliphatic carbocycles. The van der Waals surface area contributed by atoms with Crippen LogP contribution in [0.25, 0.3) is 0 Å². The lowest BCUT2D eigenvalue weighted by atomic mass is 9.99. The summed E-state index contributed by atoms with van der Waals surface area (Å²) in [7, 11) is 0. The van der Waals surface area contributed by atoms with Crippen molar-refractivity contribution in [2.45, 2.75) is 243 Å². The number of ether oxygens (including phenoxy) is 4. The zero-order chi connectivity index (χ0) is 41.6. The molecule has 0 bridgehead atoms. The molecular weight excluding hydrogens is 725 g/mol. The van der Waals surface area contributed by atoms with Gasteiger partial charge in [-0.05, 0) is 64.2 Å². The minimum atomic E-state index is -1.60. The van der Waals surface area contributed by atoms with Gasteiger partial charge >= 0.3 is 11.9 Å². The molecule has 0 aromatic heterocycles. The fourth-order valence-corrected chi connectivity index (χ4v) is 7.06. The Hall–Kier alpha value is -1.82. The third-order valence-corrected chi connectivity index (χ3v) is 10.8. The Morgan fingerprint density at radius 1 is 0.526 bits per heavy atom. The highest BCUT2D eigenvalue weighted by Gasteiger charge is 2.44. The van der Waals surface area contributed by atoms with E-state index < -0.39 is 49.4 Å². The van der Waals surface area contributed by atoms with Crippen molar-refractivity contribution in [2.75, 3.05) is 19.8 Å². The van der Waals surface area contributed by atoms with Crippen LogP contribution in [0, 0.1) is 0 Å². The van der Waals surface area contributed by atoms with Gasteiger partial charge in [0, 0.05) is 12.8 Å². The van der Waals surface area contributed by atoms with E-state index in [-0.39, 0.29) is 32.0 Å². The molecule has 0 spiro atoms. The molecule has 4 N–H and O–H groups in total. The summed E-state index contributed by atoms with van der Waals surface area (Å²) in [5, 5.41) is 40.1. The fourth-order valence-electron chi connectivity index (χ4n) is 7.06. The van der Waals surface area contributed by atoms with Crippen LogP contribution in [-0.4, -0.2) is 89.0 Å². The van der Waals surface area contributed by atoms with Crippen molar-refractivity contribution in [3.63, 3.8) is 0 Å². The third kappa shape index (κ3) is 30.0. The Morgan fingerprint density at radius 3 is 1.40 bits per heavy atom. The monoisotopic (exact) mass is 811 g/mol. The topological polar surface area (TPSA) is 152 Å². The first kappa shape index (κ1) is 53.2. The van der Waals surface area contributed by atoms with E-state index in [1.54, 1.807) is 0 Å². The van der Waals surface area contributed by atoms with Crippen molar-refractivity contribution in [3.8, 4) is 0 Å². The van der Waals surface area contributed by atoms with Gasteiger partial charge in [-0.1, -0.05) is 154 Å². The largest absolute Gasteiger partial charge is 0.462 e. The second-order valence-corrected chi connectivity index (χ2v) is 16.2. The molecule has 1 rings (SSSR count). The van der Waals surface area contributed by atoms with Crippen LogP contribution in [0.1, 0.15) is 206 Å². The highest BCUT2D eigenvalue weighted by Crippen LogP contribution is 2.23. The van der Waals surface area contributed by atoms with Crippen LogP contribution in [0.4, 0.5) is 0 Å². The van der Waals surface area contributed by atoms with E-state index in [1.807, 2.05) is 0 Å². The molecule has 334 valence electrons. The maximum atomic E-state index is 12.8. The molecule has 1 aliphatic heterocycles. The number of carbonyl (C=O) groups is 2. The van der Waals surface area contributed by atoms with Crippen LogP contribution in [0.5, 0.6) is 0 Å². The Kier molecular flexibility index (Phi) is 35.8. The van der Waals surface area contributed by atoms with Crippen LogP contribution in [0.2, 0.25) is 0 Å². The van der Waals surface area contributed by atoms with E-state index in [1.165, 1.54) is 122 Å². The van der Waals surface area contributed by atoms with Crippen LogP contribution in [0.15, 0.2) is 24.3 Å². The van der Waals surface area contributed by atoms with E-state index in [0.717, 1.165) is 51.4 Å². The second-order valence-electron chi connectivity index (χ2n) is 16.2. The number of allylic oxidation sites excluding steroid dienone is 4. The number of aliphatic hydroxyl groups is 4. The zero-order valence-corrected chi connectivity index (χ0v) is 36.3. The summed E-state index contributed by atoms with van der Waals surface area (Å²) in [5.41, 5.74) is 0. The van der Waals surface area contributed by atoms with Gasteiger partial charge in [0.1, 0.15) is 31.0 Å².